The first-order valence-electron chi connectivity index (χ1n) is 9.24. The summed E-state index contributed by atoms with van der Waals surface area (Å²) in [6, 6.07) is 24.5. The first-order valence-corrected chi connectivity index (χ1v) is 9.24. The minimum Gasteiger partial charge on any atom is -0.435 e. The second kappa shape index (κ2) is 9.80. The zero-order valence-corrected chi connectivity index (χ0v) is 15.9. The molecule has 3 aromatic rings. The van der Waals surface area contributed by atoms with Crippen LogP contribution in [0.1, 0.15) is 24.1 Å². The molecule has 3 aromatic carbocycles. The summed E-state index contributed by atoms with van der Waals surface area (Å²) in [4.78, 5) is 12.6. The van der Waals surface area contributed by atoms with Gasteiger partial charge in [-0.25, -0.2) is 0 Å². The van der Waals surface area contributed by atoms with Gasteiger partial charge in [-0.05, 0) is 42.3 Å². The Hall–Kier alpha value is -3.25. The summed E-state index contributed by atoms with van der Waals surface area (Å²) in [6.45, 7) is -1.09. The van der Waals surface area contributed by atoms with E-state index >= 15 is 0 Å². The lowest BCUT2D eigenvalue weighted by Gasteiger charge is -2.24. The second-order valence-electron chi connectivity index (χ2n) is 6.53. The maximum atomic E-state index is 12.6. The largest absolute Gasteiger partial charge is 0.435 e. The Balaban J connectivity index is 1.78. The van der Waals surface area contributed by atoms with Crippen molar-refractivity contribution in [2.45, 2.75) is 25.6 Å². The standard InChI is InChI=1S/C23H22F2N2O2/c1-16(22(28)27-19-10-6-3-7-11-19)26-21(17-8-4-2-5-9-17)18-12-14-20(15-13-18)29-23(24)25/h2-16,21,23,26H,1H3,(H,27,28)/t16-,21-/m0/s1. The van der Waals surface area contributed by atoms with Crippen molar-refractivity contribution in [3.63, 3.8) is 0 Å². The lowest BCUT2D eigenvalue weighted by Crippen LogP contribution is -2.40. The summed E-state index contributed by atoms with van der Waals surface area (Å²) in [6.07, 6.45) is 0. The molecule has 0 aliphatic heterocycles. The third-order valence-electron chi connectivity index (χ3n) is 4.42. The number of carbonyl (C=O) groups is 1. The van der Waals surface area contributed by atoms with Crippen molar-refractivity contribution >= 4 is 11.6 Å². The number of amides is 1. The van der Waals surface area contributed by atoms with E-state index in [4.69, 9.17) is 0 Å². The lowest BCUT2D eigenvalue weighted by atomic mass is 9.97. The van der Waals surface area contributed by atoms with Crippen molar-refractivity contribution in [2.75, 3.05) is 5.32 Å². The maximum Gasteiger partial charge on any atom is 0.387 e. The van der Waals surface area contributed by atoms with Gasteiger partial charge in [0.25, 0.3) is 0 Å². The fourth-order valence-corrected chi connectivity index (χ4v) is 2.97. The van der Waals surface area contributed by atoms with Crippen molar-refractivity contribution in [3.8, 4) is 5.75 Å². The fourth-order valence-electron chi connectivity index (χ4n) is 2.97. The van der Waals surface area contributed by atoms with Crippen LogP contribution in [0.2, 0.25) is 0 Å². The van der Waals surface area contributed by atoms with Crippen molar-refractivity contribution in [1.82, 2.24) is 5.32 Å². The van der Waals surface area contributed by atoms with Gasteiger partial charge in [0.05, 0.1) is 12.1 Å². The Labute approximate surface area is 168 Å². The molecule has 3 rings (SSSR count). The average Bonchev–Trinajstić information content (AvgIpc) is 2.73. The van der Waals surface area contributed by atoms with Crippen LogP contribution in [-0.2, 0) is 4.79 Å². The summed E-state index contributed by atoms with van der Waals surface area (Å²) < 4.78 is 29.2. The highest BCUT2D eigenvalue weighted by molar-refractivity contribution is 5.94. The SMILES string of the molecule is C[C@H](N[C@@H](c1ccccc1)c1ccc(OC(F)F)cc1)C(=O)Nc1ccccc1. The Bertz CT molecular complexity index is 903. The number of benzene rings is 3. The highest BCUT2D eigenvalue weighted by atomic mass is 19.3. The van der Waals surface area contributed by atoms with Crippen molar-refractivity contribution < 1.29 is 18.3 Å². The van der Waals surface area contributed by atoms with Crippen LogP contribution in [0, 0.1) is 0 Å². The van der Waals surface area contributed by atoms with Crippen molar-refractivity contribution in [3.05, 3.63) is 96.1 Å². The van der Waals surface area contributed by atoms with Crippen LogP contribution < -0.4 is 15.4 Å². The van der Waals surface area contributed by atoms with Gasteiger partial charge in [-0.15, -0.1) is 0 Å². The van der Waals surface area contributed by atoms with Crippen molar-refractivity contribution in [1.29, 1.82) is 0 Å². The van der Waals surface area contributed by atoms with E-state index in [0.717, 1.165) is 16.8 Å². The molecule has 0 aromatic heterocycles. The number of alkyl halides is 2. The summed E-state index contributed by atoms with van der Waals surface area (Å²) >= 11 is 0. The molecule has 0 unspecified atom stereocenters. The van der Waals surface area contributed by atoms with E-state index in [9.17, 15) is 13.6 Å². The second-order valence-corrected chi connectivity index (χ2v) is 6.53. The van der Waals surface area contributed by atoms with E-state index < -0.39 is 12.7 Å². The molecule has 0 fully saturated rings. The average molecular weight is 396 g/mol. The maximum absolute atomic E-state index is 12.6. The van der Waals surface area contributed by atoms with Crippen LogP contribution >= 0.6 is 0 Å². The van der Waals surface area contributed by atoms with Gasteiger partial charge in [0.2, 0.25) is 5.91 Å². The zero-order valence-electron chi connectivity index (χ0n) is 15.9. The number of anilines is 1. The number of para-hydroxylation sites is 1. The molecular weight excluding hydrogens is 374 g/mol. The van der Waals surface area contributed by atoms with Gasteiger partial charge in [0.15, 0.2) is 0 Å². The van der Waals surface area contributed by atoms with Gasteiger partial charge in [0.1, 0.15) is 5.75 Å². The quantitative estimate of drug-likeness (QED) is 0.564. The van der Waals surface area contributed by atoms with Crippen LogP contribution in [0.15, 0.2) is 84.9 Å². The molecule has 0 heterocycles. The third-order valence-corrected chi connectivity index (χ3v) is 4.42. The number of halogens is 2. The minimum absolute atomic E-state index is 0.0884. The monoisotopic (exact) mass is 396 g/mol. The van der Waals surface area contributed by atoms with Gasteiger partial charge in [0, 0.05) is 5.69 Å². The minimum atomic E-state index is -2.87. The number of carbonyl (C=O) groups excluding carboxylic acids is 1. The lowest BCUT2D eigenvalue weighted by molar-refractivity contribution is -0.117. The van der Waals surface area contributed by atoms with E-state index in [0.29, 0.717) is 0 Å². The zero-order chi connectivity index (χ0) is 20.6. The molecule has 1 amide bonds. The van der Waals surface area contributed by atoms with Crippen LogP contribution in [0.3, 0.4) is 0 Å². The van der Waals surface area contributed by atoms with E-state index in [1.54, 1.807) is 19.1 Å². The van der Waals surface area contributed by atoms with Crippen LogP contribution in [0.5, 0.6) is 5.75 Å². The van der Waals surface area contributed by atoms with Gasteiger partial charge in [-0.2, -0.15) is 8.78 Å². The first kappa shape index (κ1) is 20.5. The highest BCUT2D eigenvalue weighted by Gasteiger charge is 2.21. The summed E-state index contributed by atoms with van der Waals surface area (Å²) in [7, 11) is 0. The number of hydrogen-bond donors (Lipinski definition) is 2. The Morgan fingerprint density at radius 3 is 1.97 bits per heavy atom. The van der Waals surface area contributed by atoms with E-state index in [-0.39, 0.29) is 17.7 Å². The van der Waals surface area contributed by atoms with E-state index in [2.05, 4.69) is 15.4 Å². The predicted octanol–water partition coefficient (Wildman–Crippen LogP) is 4.99. The number of nitrogens with one attached hydrogen (secondary N) is 2. The molecule has 2 N–H and O–H groups in total. The molecule has 0 aliphatic rings. The first-order chi connectivity index (χ1) is 14.0. The molecule has 4 nitrogen and oxygen atoms in total. The summed E-state index contributed by atoms with van der Waals surface area (Å²) in [5.74, 6) is -0.0831. The number of rotatable bonds is 8. The molecule has 29 heavy (non-hydrogen) atoms. The summed E-state index contributed by atoms with van der Waals surface area (Å²) in [5.41, 5.74) is 2.50. The molecule has 0 saturated carbocycles. The Kier molecular flexibility index (Phi) is 6.92. The molecule has 0 spiro atoms. The topological polar surface area (TPSA) is 50.4 Å². The molecule has 0 radical (unpaired) electrons. The van der Waals surface area contributed by atoms with Crippen LogP contribution in [-0.4, -0.2) is 18.6 Å². The number of ether oxygens (including phenoxy) is 1. The molecule has 0 saturated heterocycles. The molecule has 0 aliphatic carbocycles. The van der Waals surface area contributed by atoms with Gasteiger partial charge < -0.3 is 10.1 Å². The molecular formula is C23H22F2N2O2. The molecule has 2 atom stereocenters. The van der Waals surface area contributed by atoms with Gasteiger partial charge >= 0.3 is 6.61 Å². The highest BCUT2D eigenvalue weighted by Crippen LogP contribution is 2.25. The smallest absolute Gasteiger partial charge is 0.387 e. The van der Waals surface area contributed by atoms with Crippen molar-refractivity contribution in [2.24, 2.45) is 0 Å². The molecule has 0 bridgehead atoms. The predicted molar refractivity (Wildman–Crippen MR) is 109 cm³/mol. The van der Waals surface area contributed by atoms with Gasteiger partial charge in [-0.3, -0.25) is 10.1 Å². The normalized spacial score (nSPS) is 13.0. The molecule has 6 heteroatoms. The van der Waals surface area contributed by atoms with Crippen LogP contribution in [0.4, 0.5) is 14.5 Å². The Morgan fingerprint density at radius 1 is 0.828 bits per heavy atom. The summed E-state index contributed by atoms with van der Waals surface area (Å²) in [5, 5.41) is 6.20. The molecule has 150 valence electrons. The Morgan fingerprint density at radius 2 is 1.38 bits per heavy atom. The van der Waals surface area contributed by atoms with E-state index in [1.165, 1.54) is 12.1 Å². The fraction of sp³-hybridized carbons (Fsp3) is 0.174. The van der Waals surface area contributed by atoms with E-state index in [1.807, 2.05) is 60.7 Å². The third kappa shape index (κ3) is 5.86. The number of hydrogen-bond acceptors (Lipinski definition) is 3. The van der Waals surface area contributed by atoms with Gasteiger partial charge in [-0.1, -0.05) is 60.7 Å². The van der Waals surface area contributed by atoms with Crippen LogP contribution in [0.25, 0.3) is 0 Å².